The quantitative estimate of drug-likeness (QED) is 0.773. The molecule has 2 bridgehead atoms. The summed E-state index contributed by atoms with van der Waals surface area (Å²) in [6.45, 7) is 12.8. The fourth-order valence-corrected chi connectivity index (χ4v) is 5.57. The second kappa shape index (κ2) is 6.41. The third-order valence-electron chi connectivity index (χ3n) is 7.30. The summed E-state index contributed by atoms with van der Waals surface area (Å²) in [6.07, 6.45) is 8.74. The minimum Gasteiger partial charge on any atom is -0.304 e. The molecule has 3 aliphatic heterocycles. The van der Waals surface area contributed by atoms with Gasteiger partial charge in [0, 0.05) is 37.8 Å². The van der Waals surface area contributed by atoms with E-state index in [1.807, 2.05) is 0 Å². The average Bonchev–Trinajstić information content (AvgIpc) is 3.07. The molecule has 3 nitrogen and oxygen atoms in total. The van der Waals surface area contributed by atoms with E-state index < -0.39 is 0 Å². The van der Waals surface area contributed by atoms with Crippen LogP contribution in [-0.4, -0.2) is 72.1 Å². The van der Waals surface area contributed by atoms with Crippen molar-refractivity contribution < 1.29 is 0 Å². The second-order valence-electron chi connectivity index (χ2n) is 8.47. The second-order valence-corrected chi connectivity index (χ2v) is 8.47. The zero-order chi connectivity index (χ0) is 15.1. The van der Waals surface area contributed by atoms with Gasteiger partial charge in [-0.15, -0.1) is 0 Å². The Hall–Kier alpha value is -0.120. The summed E-state index contributed by atoms with van der Waals surface area (Å²) in [6, 6.07) is 2.76. The maximum absolute atomic E-state index is 2.90. The van der Waals surface area contributed by atoms with E-state index in [0.29, 0.717) is 0 Å². The molecule has 1 aliphatic carbocycles. The Morgan fingerprint density at radius 3 is 2.18 bits per heavy atom. The molecule has 0 aromatic carbocycles. The van der Waals surface area contributed by atoms with E-state index >= 15 is 0 Å². The number of fused-ring (bicyclic) bond motifs is 2. The van der Waals surface area contributed by atoms with Crippen molar-refractivity contribution in [3.05, 3.63) is 0 Å². The Labute approximate surface area is 137 Å². The van der Waals surface area contributed by atoms with Gasteiger partial charge in [0.15, 0.2) is 0 Å². The molecule has 2 atom stereocenters. The molecule has 0 radical (unpaired) electrons. The molecule has 0 aromatic heterocycles. The van der Waals surface area contributed by atoms with Crippen molar-refractivity contribution in [3.63, 3.8) is 0 Å². The van der Waals surface area contributed by atoms with Crippen LogP contribution in [0.5, 0.6) is 0 Å². The van der Waals surface area contributed by atoms with Gasteiger partial charge in [0.2, 0.25) is 0 Å². The highest BCUT2D eigenvalue weighted by molar-refractivity contribution is 5.04. The standard InChI is InChI=1S/C19H35N3/c1-3-15-9-17(10-15)22-14-18-11-19(22)13-21(18)12-16-5-7-20(4-2)8-6-16/h15-19H,3-14H2,1-2H3. The Balaban J connectivity index is 1.23. The fraction of sp³-hybridized carbons (Fsp3) is 1.00. The molecule has 0 spiro atoms. The van der Waals surface area contributed by atoms with Crippen LogP contribution in [0, 0.1) is 11.8 Å². The molecule has 126 valence electrons. The van der Waals surface area contributed by atoms with Gasteiger partial charge in [0.1, 0.15) is 0 Å². The van der Waals surface area contributed by atoms with Gasteiger partial charge in [-0.3, -0.25) is 9.80 Å². The number of piperidine rings is 1. The van der Waals surface area contributed by atoms with Crippen LogP contribution in [0.15, 0.2) is 0 Å². The predicted octanol–water partition coefficient (Wildman–Crippen LogP) is 2.67. The van der Waals surface area contributed by atoms with Crippen LogP contribution >= 0.6 is 0 Å². The van der Waals surface area contributed by atoms with Gasteiger partial charge in [-0.25, -0.2) is 0 Å². The maximum Gasteiger partial charge on any atom is 0.0242 e. The summed E-state index contributed by atoms with van der Waals surface area (Å²) in [5.41, 5.74) is 0. The van der Waals surface area contributed by atoms with E-state index in [0.717, 1.165) is 30.0 Å². The number of rotatable bonds is 5. The van der Waals surface area contributed by atoms with Crippen molar-refractivity contribution >= 4 is 0 Å². The van der Waals surface area contributed by atoms with E-state index in [1.54, 1.807) is 0 Å². The molecule has 0 N–H and O–H groups in total. The van der Waals surface area contributed by atoms with Crippen LogP contribution in [-0.2, 0) is 0 Å². The van der Waals surface area contributed by atoms with Gasteiger partial charge in [-0.1, -0.05) is 20.3 Å². The monoisotopic (exact) mass is 305 g/mol. The van der Waals surface area contributed by atoms with Gasteiger partial charge >= 0.3 is 0 Å². The van der Waals surface area contributed by atoms with E-state index in [9.17, 15) is 0 Å². The zero-order valence-corrected chi connectivity index (χ0v) is 14.7. The Kier molecular flexibility index (Phi) is 4.49. The van der Waals surface area contributed by atoms with Crippen LogP contribution in [0.2, 0.25) is 0 Å². The van der Waals surface area contributed by atoms with Crippen LogP contribution in [0.1, 0.15) is 52.4 Å². The summed E-state index contributed by atoms with van der Waals surface area (Å²) in [5.74, 6) is 2.02. The Bertz CT molecular complexity index is 371. The number of hydrogen-bond acceptors (Lipinski definition) is 3. The van der Waals surface area contributed by atoms with Crippen molar-refractivity contribution in [2.24, 2.45) is 11.8 Å². The molecular formula is C19H35N3. The van der Waals surface area contributed by atoms with Crippen molar-refractivity contribution in [2.45, 2.75) is 70.5 Å². The highest BCUT2D eigenvalue weighted by Gasteiger charge is 2.48. The molecule has 4 fully saturated rings. The van der Waals surface area contributed by atoms with E-state index in [2.05, 4.69) is 28.5 Å². The van der Waals surface area contributed by atoms with Crippen molar-refractivity contribution in [1.29, 1.82) is 0 Å². The summed E-state index contributed by atoms with van der Waals surface area (Å²) < 4.78 is 0. The lowest BCUT2D eigenvalue weighted by Gasteiger charge is -2.47. The molecule has 3 saturated heterocycles. The van der Waals surface area contributed by atoms with Gasteiger partial charge in [0.05, 0.1) is 0 Å². The Morgan fingerprint density at radius 2 is 1.59 bits per heavy atom. The maximum atomic E-state index is 2.90. The average molecular weight is 306 g/mol. The molecule has 2 unspecified atom stereocenters. The third-order valence-corrected chi connectivity index (χ3v) is 7.30. The highest BCUT2D eigenvalue weighted by atomic mass is 15.4. The molecule has 3 heterocycles. The fourth-order valence-electron chi connectivity index (χ4n) is 5.57. The van der Waals surface area contributed by atoms with Crippen LogP contribution in [0.3, 0.4) is 0 Å². The number of nitrogens with zero attached hydrogens (tertiary/aromatic N) is 3. The molecule has 4 rings (SSSR count). The first kappa shape index (κ1) is 15.4. The first-order valence-corrected chi connectivity index (χ1v) is 9.99. The minimum absolute atomic E-state index is 0.898. The van der Waals surface area contributed by atoms with E-state index in [4.69, 9.17) is 0 Å². The topological polar surface area (TPSA) is 9.72 Å². The van der Waals surface area contributed by atoms with Gasteiger partial charge < -0.3 is 4.90 Å². The molecule has 0 aromatic rings. The first-order chi connectivity index (χ1) is 10.8. The highest BCUT2D eigenvalue weighted by Crippen LogP contribution is 2.41. The van der Waals surface area contributed by atoms with E-state index in [1.165, 1.54) is 77.8 Å². The molecular weight excluding hydrogens is 270 g/mol. The normalized spacial score (nSPS) is 41.2. The molecule has 4 aliphatic rings. The number of likely N-dealkylation sites (tertiary alicyclic amines) is 3. The number of piperazine rings is 1. The largest absolute Gasteiger partial charge is 0.304 e. The zero-order valence-electron chi connectivity index (χ0n) is 14.7. The molecule has 0 amide bonds. The van der Waals surface area contributed by atoms with Crippen molar-refractivity contribution in [1.82, 2.24) is 14.7 Å². The van der Waals surface area contributed by atoms with Gasteiger partial charge in [-0.05, 0) is 63.6 Å². The SMILES string of the molecule is CCC1CC(N2CC3CC2CN3CC2CCN(CC)CC2)C1. The molecule has 1 saturated carbocycles. The van der Waals surface area contributed by atoms with Crippen LogP contribution in [0.25, 0.3) is 0 Å². The van der Waals surface area contributed by atoms with Crippen molar-refractivity contribution in [3.8, 4) is 0 Å². The first-order valence-electron chi connectivity index (χ1n) is 9.99. The summed E-state index contributed by atoms with van der Waals surface area (Å²) in [5, 5.41) is 0. The summed E-state index contributed by atoms with van der Waals surface area (Å²) in [7, 11) is 0. The Morgan fingerprint density at radius 1 is 0.818 bits per heavy atom. The van der Waals surface area contributed by atoms with Gasteiger partial charge in [0.25, 0.3) is 0 Å². The third kappa shape index (κ3) is 2.85. The summed E-state index contributed by atoms with van der Waals surface area (Å²) >= 11 is 0. The predicted molar refractivity (Wildman–Crippen MR) is 92.1 cm³/mol. The summed E-state index contributed by atoms with van der Waals surface area (Å²) in [4.78, 5) is 8.38. The van der Waals surface area contributed by atoms with Crippen LogP contribution in [0.4, 0.5) is 0 Å². The van der Waals surface area contributed by atoms with Crippen molar-refractivity contribution in [2.75, 3.05) is 39.3 Å². The lowest BCUT2D eigenvalue weighted by molar-refractivity contribution is 0.0206. The van der Waals surface area contributed by atoms with Gasteiger partial charge in [-0.2, -0.15) is 0 Å². The molecule has 3 heteroatoms. The lowest BCUT2D eigenvalue weighted by atomic mass is 9.77. The smallest absolute Gasteiger partial charge is 0.0242 e. The number of hydrogen-bond donors (Lipinski definition) is 0. The molecule has 22 heavy (non-hydrogen) atoms. The van der Waals surface area contributed by atoms with E-state index in [-0.39, 0.29) is 0 Å². The minimum atomic E-state index is 0.898. The van der Waals surface area contributed by atoms with Crippen LogP contribution < -0.4 is 0 Å². The lowest BCUT2D eigenvalue weighted by Crippen LogP contribution is -2.54.